The van der Waals surface area contributed by atoms with Gasteiger partial charge in [0.2, 0.25) is 4.73 Å². The summed E-state index contributed by atoms with van der Waals surface area (Å²) in [4.78, 5) is 12.1. The third-order valence-corrected chi connectivity index (χ3v) is 6.77. The molecule has 0 saturated heterocycles. The molecule has 10 heteroatoms. The van der Waals surface area contributed by atoms with Crippen LogP contribution in [0.3, 0.4) is 0 Å². The van der Waals surface area contributed by atoms with Gasteiger partial charge in [-0.05, 0) is 46.3 Å². The number of hydrogen-bond donors (Lipinski definition) is 1. The molecule has 1 aliphatic carbocycles. The third kappa shape index (κ3) is 3.02. The predicted molar refractivity (Wildman–Crippen MR) is 99.5 cm³/mol. The van der Waals surface area contributed by atoms with E-state index in [-0.39, 0.29) is 5.75 Å². The smallest absolute Gasteiger partial charge is 0.313 e. The molecule has 0 aliphatic heterocycles. The van der Waals surface area contributed by atoms with Gasteiger partial charge in [-0.15, -0.1) is 21.5 Å². The summed E-state index contributed by atoms with van der Waals surface area (Å²) < 4.78 is 4.32. The van der Waals surface area contributed by atoms with E-state index in [9.17, 15) is 4.79 Å². The summed E-state index contributed by atoms with van der Waals surface area (Å²) in [6.45, 7) is 0. The molecule has 3 aromatic rings. The van der Waals surface area contributed by atoms with Gasteiger partial charge in [-0.1, -0.05) is 11.8 Å². The molecule has 0 spiro atoms. The van der Waals surface area contributed by atoms with Crippen molar-refractivity contribution in [3.8, 4) is 15.4 Å². The fourth-order valence-corrected chi connectivity index (χ4v) is 5.80. The van der Waals surface area contributed by atoms with Crippen molar-refractivity contribution in [3.05, 3.63) is 28.3 Å². The Kier molecular flexibility index (Phi) is 4.42. The van der Waals surface area contributed by atoms with Gasteiger partial charge in [0.25, 0.3) is 0 Å². The van der Waals surface area contributed by atoms with Gasteiger partial charge in [0.05, 0.1) is 11.9 Å². The minimum Gasteiger partial charge on any atom is -0.481 e. The van der Waals surface area contributed by atoms with E-state index < -0.39 is 5.97 Å². The topological polar surface area (TPSA) is 85.8 Å². The highest BCUT2D eigenvalue weighted by molar-refractivity contribution is 9.10. The molecular weight excluding hydrogens is 426 g/mol. The Morgan fingerprint density at radius 1 is 1.40 bits per heavy atom. The van der Waals surface area contributed by atoms with Crippen molar-refractivity contribution >= 4 is 45.0 Å². The lowest BCUT2D eigenvalue weighted by atomic mass is 10.1. The van der Waals surface area contributed by atoms with Crippen LogP contribution in [0.4, 0.5) is 0 Å². The number of nitrogens with zero attached hydrogens (tertiary/aromatic N) is 5. The Hall–Kier alpha value is -1.65. The van der Waals surface area contributed by atoms with Crippen LogP contribution >= 0.6 is 39.0 Å². The van der Waals surface area contributed by atoms with Crippen molar-refractivity contribution in [1.29, 1.82) is 0 Å². The number of carbonyl (C=O) groups is 1. The lowest BCUT2D eigenvalue weighted by Gasteiger charge is -2.06. The average molecular weight is 440 g/mol. The highest BCUT2D eigenvalue weighted by Crippen LogP contribution is 2.45. The maximum absolute atomic E-state index is 10.9. The van der Waals surface area contributed by atoms with E-state index in [4.69, 9.17) is 5.11 Å². The molecule has 1 aliphatic rings. The van der Waals surface area contributed by atoms with Crippen molar-refractivity contribution in [2.24, 2.45) is 7.05 Å². The molecule has 0 radical (unpaired) electrons. The van der Waals surface area contributed by atoms with Gasteiger partial charge in [-0.3, -0.25) is 14.0 Å². The Morgan fingerprint density at radius 2 is 2.20 bits per heavy atom. The highest BCUT2D eigenvalue weighted by Gasteiger charge is 2.27. The summed E-state index contributed by atoms with van der Waals surface area (Å²) in [7, 11) is 1.91. The number of halogens is 1. The Bertz CT molecular complexity index is 961. The number of aromatic nitrogens is 5. The number of rotatable bonds is 5. The minimum absolute atomic E-state index is 0.0475. The molecule has 25 heavy (non-hydrogen) atoms. The summed E-state index contributed by atoms with van der Waals surface area (Å²) in [5.41, 5.74) is 3.78. The first-order valence-corrected chi connectivity index (χ1v) is 10.2. The summed E-state index contributed by atoms with van der Waals surface area (Å²) in [6, 6.07) is 0. The number of aryl methyl sites for hydroxylation is 1. The monoisotopic (exact) mass is 439 g/mol. The third-order valence-electron chi connectivity index (χ3n) is 4.04. The second-order valence-electron chi connectivity index (χ2n) is 5.72. The second kappa shape index (κ2) is 6.58. The molecule has 3 heterocycles. The molecule has 0 bridgehead atoms. The summed E-state index contributed by atoms with van der Waals surface area (Å²) in [5, 5.41) is 23.1. The molecule has 4 rings (SSSR count). The summed E-state index contributed by atoms with van der Waals surface area (Å²) in [5.74, 6) is -0.920. The van der Waals surface area contributed by atoms with Gasteiger partial charge in [0.1, 0.15) is 5.00 Å². The van der Waals surface area contributed by atoms with Gasteiger partial charge in [0, 0.05) is 23.7 Å². The van der Waals surface area contributed by atoms with Crippen molar-refractivity contribution in [2.45, 2.75) is 24.4 Å². The first kappa shape index (κ1) is 16.8. The molecule has 0 fully saturated rings. The van der Waals surface area contributed by atoms with E-state index in [1.54, 1.807) is 16.0 Å². The van der Waals surface area contributed by atoms with E-state index in [0.717, 1.165) is 29.8 Å². The van der Waals surface area contributed by atoms with Crippen molar-refractivity contribution in [3.63, 3.8) is 0 Å². The Balaban J connectivity index is 1.82. The van der Waals surface area contributed by atoms with Crippen LogP contribution in [0.15, 0.2) is 22.3 Å². The van der Waals surface area contributed by atoms with E-state index in [1.807, 2.05) is 24.0 Å². The van der Waals surface area contributed by atoms with E-state index in [2.05, 4.69) is 31.2 Å². The van der Waals surface area contributed by atoms with Gasteiger partial charge in [-0.25, -0.2) is 0 Å². The zero-order valence-corrected chi connectivity index (χ0v) is 16.5. The number of hydrogen-bond acceptors (Lipinski definition) is 6. The quantitative estimate of drug-likeness (QED) is 0.614. The molecule has 3 aromatic heterocycles. The number of thioether (sulfide) groups is 1. The Morgan fingerprint density at radius 3 is 2.92 bits per heavy atom. The lowest BCUT2D eigenvalue weighted by molar-refractivity contribution is -0.133. The molecule has 0 unspecified atom stereocenters. The fraction of sp³-hybridized carbons (Fsp3) is 0.333. The number of thiophene rings is 1. The van der Waals surface area contributed by atoms with E-state index in [0.29, 0.717) is 9.89 Å². The molecule has 0 atom stereocenters. The largest absolute Gasteiger partial charge is 0.481 e. The maximum Gasteiger partial charge on any atom is 0.313 e. The number of fused-ring (bicyclic) bond motifs is 1. The normalized spacial score (nSPS) is 13.4. The summed E-state index contributed by atoms with van der Waals surface area (Å²) >= 11 is 6.32. The molecule has 1 N–H and O–H groups in total. The van der Waals surface area contributed by atoms with Crippen LogP contribution in [-0.2, 0) is 24.7 Å². The van der Waals surface area contributed by atoms with E-state index in [1.165, 1.54) is 27.8 Å². The molecule has 7 nitrogen and oxygen atoms in total. The lowest BCUT2D eigenvalue weighted by Crippen LogP contribution is -2.02. The van der Waals surface area contributed by atoms with Crippen molar-refractivity contribution in [1.82, 2.24) is 24.5 Å². The molecular formula is C15H14BrN5O2S2. The maximum atomic E-state index is 10.9. The molecule has 0 saturated carbocycles. The van der Waals surface area contributed by atoms with Gasteiger partial charge in [-0.2, -0.15) is 5.10 Å². The fourth-order valence-electron chi connectivity index (χ4n) is 3.05. The van der Waals surface area contributed by atoms with Gasteiger partial charge < -0.3 is 5.11 Å². The van der Waals surface area contributed by atoms with Gasteiger partial charge in [0.15, 0.2) is 5.16 Å². The number of aliphatic carboxylic acids is 1. The van der Waals surface area contributed by atoms with Crippen LogP contribution < -0.4 is 0 Å². The number of carboxylic acid groups (broad SMARTS) is 1. The molecule has 0 aromatic carbocycles. The van der Waals surface area contributed by atoms with Crippen LogP contribution in [0.5, 0.6) is 0 Å². The van der Waals surface area contributed by atoms with Crippen LogP contribution in [0.25, 0.3) is 15.4 Å². The molecule has 0 amide bonds. The summed E-state index contributed by atoms with van der Waals surface area (Å²) in [6.07, 6.45) is 7.09. The number of carboxylic acids is 1. The van der Waals surface area contributed by atoms with Crippen LogP contribution in [-0.4, -0.2) is 41.4 Å². The van der Waals surface area contributed by atoms with Crippen molar-refractivity contribution < 1.29 is 9.90 Å². The van der Waals surface area contributed by atoms with Gasteiger partial charge >= 0.3 is 5.97 Å². The SMILES string of the molecule is Cn1cc(-c2sc(-n3c(Br)nnc3SCC(=O)O)c3c2CCC3)cn1. The zero-order valence-electron chi connectivity index (χ0n) is 13.3. The minimum atomic E-state index is -0.872. The van der Waals surface area contributed by atoms with Crippen LogP contribution in [0.1, 0.15) is 17.5 Å². The van der Waals surface area contributed by atoms with Crippen molar-refractivity contribution in [2.75, 3.05) is 5.75 Å². The second-order valence-corrected chi connectivity index (χ2v) is 8.37. The highest BCUT2D eigenvalue weighted by atomic mass is 79.9. The zero-order chi connectivity index (χ0) is 17.6. The Labute approximate surface area is 160 Å². The van der Waals surface area contributed by atoms with E-state index >= 15 is 0 Å². The molecule has 130 valence electrons. The van der Waals surface area contributed by atoms with Crippen LogP contribution in [0.2, 0.25) is 0 Å². The average Bonchev–Trinajstić information content (AvgIpc) is 3.30. The standard InChI is InChI=1S/C15H14BrN5O2S2/c1-20-6-8(5-17-20)12-9-3-2-4-10(9)13(25-12)21-14(16)18-19-15(21)24-7-11(22)23/h5-6H,2-4,7H2,1H3,(H,22,23). The first-order chi connectivity index (χ1) is 12.0. The predicted octanol–water partition coefficient (Wildman–Crippen LogP) is 3.16. The van der Waals surface area contributed by atoms with Crippen LogP contribution in [0, 0.1) is 0 Å². The first-order valence-electron chi connectivity index (χ1n) is 7.64.